The summed E-state index contributed by atoms with van der Waals surface area (Å²) in [4.78, 5) is 14.8. The van der Waals surface area contributed by atoms with E-state index in [1.54, 1.807) is 4.90 Å². The van der Waals surface area contributed by atoms with Gasteiger partial charge in [-0.3, -0.25) is 9.69 Å². The van der Waals surface area contributed by atoms with Crippen molar-refractivity contribution in [1.29, 1.82) is 0 Å². The van der Waals surface area contributed by atoms with E-state index in [1.165, 1.54) is 13.8 Å². The van der Waals surface area contributed by atoms with Gasteiger partial charge in [0.25, 0.3) is 5.91 Å². The highest BCUT2D eigenvalue weighted by Crippen LogP contribution is 2.55. The van der Waals surface area contributed by atoms with Crippen LogP contribution in [0.25, 0.3) is 0 Å². The molecule has 4 rings (SSSR count). The van der Waals surface area contributed by atoms with E-state index in [0.717, 1.165) is 25.3 Å². The number of likely N-dealkylation sites (tertiary alicyclic amines) is 1. The molecule has 4 atom stereocenters. The van der Waals surface area contributed by atoms with E-state index >= 15 is 0 Å². The van der Waals surface area contributed by atoms with Crippen molar-refractivity contribution >= 4 is 11.6 Å². The first-order valence-electron chi connectivity index (χ1n) is 11.3. The highest BCUT2D eigenvalue weighted by atomic mass is 19.4. The molecule has 2 aliphatic rings. The van der Waals surface area contributed by atoms with Gasteiger partial charge in [0.2, 0.25) is 5.82 Å². The van der Waals surface area contributed by atoms with Crippen molar-refractivity contribution in [2.45, 2.75) is 50.7 Å². The number of alkyl halides is 4. The van der Waals surface area contributed by atoms with E-state index in [4.69, 9.17) is 14.0 Å². The Kier molecular flexibility index (Phi) is 6.99. The zero-order valence-corrected chi connectivity index (χ0v) is 19.7. The number of benzene rings is 1. The van der Waals surface area contributed by atoms with Crippen LogP contribution >= 0.6 is 0 Å². The average Bonchev–Trinajstić information content (AvgIpc) is 3.30. The number of aromatic nitrogens is 1. The Hall–Kier alpha value is -2.80. The van der Waals surface area contributed by atoms with Crippen molar-refractivity contribution in [2.75, 3.05) is 31.6 Å². The van der Waals surface area contributed by atoms with Gasteiger partial charge in [-0.05, 0) is 19.9 Å². The van der Waals surface area contributed by atoms with Crippen molar-refractivity contribution < 1.29 is 45.1 Å². The molecular weight excluding hydrogens is 496 g/mol. The molecule has 0 saturated carbocycles. The first kappa shape index (κ1) is 26.3. The molecular formula is C23H25F6N3O4. The van der Waals surface area contributed by atoms with E-state index in [1.807, 2.05) is 0 Å². The molecule has 1 N–H and O–H groups in total. The first-order chi connectivity index (χ1) is 16.8. The molecule has 0 bridgehead atoms. The monoisotopic (exact) mass is 521 g/mol. The van der Waals surface area contributed by atoms with Gasteiger partial charge in [-0.15, -0.1) is 0 Å². The molecule has 0 aliphatic carbocycles. The lowest BCUT2D eigenvalue weighted by Gasteiger charge is -2.34. The molecule has 36 heavy (non-hydrogen) atoms. The number of nitrogens with one attached hydrogen (secondary N) is 1. The van der Waals surface area contributed by atoms with Crippen LogP contribution in [0.3, 0.4) is 0 Å². The maximum absolute atomic E-state index is 14.9. The molecule has 0 radical (unpaired) electrons. The Morgan fingerprint density at radius 2 is 2.00 bits per heavy atom. The van der Waals surface area contributed by atoms with Crippen LogP contribution in [0.15, 0.2) is 22.9 Å². The van der Waals surface area contributed by atoms with E-state index in [-0.39, 0.29) is 43.2 Å². The Morgan fingerprint density at radius 3 is 2.58 bits per heavy atom. The number of hydrogen-bond donors (Lipinski definition) is 1. The van der Waals surface area contributed by atoms with Gasteiger partial charge in [0.1, 0.15) is 36.5 Å². The van der Waals surface area contributed by atoms with Crippen LogP contribution in [0.2, 0.25) is 0 Å². The minimum Gasteiger partial charge on any atom is -0.489 e. The standard InChI is InChI=1S/C23H25F6N3O4/c1-11-17(14-4-5-15(25)18(26)19(14)34-7-6-32-8-13(24)9-32)20(36-22(11,3)23(27,28)29)21(33)30-16-10-35-31-12(16)2/h4-5,10-11,13,17,20H,6-9H2,1-3H3,(H,30,33)/t11-,17-,20+,22+/m0/s1. The fourth-order valence-corrected chi connectivity index (χ4v) is 4.56. The summed E-state index contributed by atoms with van der Waals surface area (Å²) in [5.41, 5.74) is -2.52. The fraction of sp³-hybridized carbons (Fsp3) is 0.565. The molecule has 7 nitrogen and oxygen atoms in total. The van der Waals surface area contributed by atoms with Crippen molar-refractivity contribution in [3.05, 3.63) is 41.3 Å². The van der Waals surface area contributed by atoms with Crippen LogP contribution in [-0.2, 0) is 9.53 Å². The second-order valence-corrected chi connectivity index (χ2v) is 9.25. The van der Waals surface area contributed by atoms with Crippen LogP contribution in [0.1, 0.15) is 31.0 Å². The topological polar surface area (TPSA) is 76.8 Å². The highest BCUT2D eigenvalue weighted by Gasteiger charge is 2.66. The number of rotatable bonds is 7. The van der Waals surface area contributed by atoms with Gasteiger partial charge in [-0.25, -0.2) is 8.78 Å². The van der Waals surface area contributed by atoms with Gasteiger partial charge >= 0.3 is 6.18 Å². The highest BCUT2D eigenvalue weighted by molar-refractivity contribution is 5.95. The van der Waals surface area contributed by atoms with Crippen molar-refractivity contribution in [3.63, 3.8) is 0 Å². The summed E-state index contributed by atoms with van der Waals surface area (Å²) in [5.74, 6) is -6.99. The van der Waals surface area contributed by atoms with E-state index < -0.39 is 59.2 Å². The smallest absolute Gasteiger partial charge is 0.417 e. The molecule has 3 heterocycles. The number of amides is 1. The summed E-state index contributed by atoms with van der Waals surface area (Å²) >= 11 is 0. The van der Waals surface area contributed by atoms with Gasteiger partial charge in [-0.2, -0.15) is 17.6 Å². The Morgan fingerprint density at radius 1 is 1.31 bits per heavy atom. The quantitative estimate of drug-likeness (QED) is 0.546. The average molecular weight is 521 g/mol. The lowest BCUT2D eigenvalue weighted by molar-refractivity contribution is -0.272. The molecule has 0 unspecified atom stereocenters. The minimum atomic E-state index is -4.88. The van der Waals surface area contributed by atoms with E-state index in [0.29, 0.717) is 0 Å². The molecule has 1 aromatic carbocycles. The van der Waals surface area contributed by atoms with Crippen LogP contribution in [-0.4, -0.2) is 66.3 Å². The second-order valence-electron chi connectivity index (χ2n) is 9.25. The molecule has 1 amide bonds. The number of anilines is 1. The fourth-order valence-electron chi connectivity index (χ4n) is 4.56. The molecule has 2 saturated heterocycles. The third kappa shape index (κ3) is 4.65. The van der Waals surface area contributed by atoms with Crippen LogP contribution in [0.5, 0.6) is 5.75 Å². The number of hydrogen-bond acceptors (Lipinski definition) is 6. The summed E-state index contributed by atoms with van der Waals surface area (Å²) in [6, 6.07) is 1.85. The molecule has 13 heteroatoms. The first-order valence-corrected chi connectivity index (χ1v) is 11.3. The zero-order valence-electron chi connectivity index (χ0n) is 19.7. The van der Waals surface area contributed by atoms with E-state index in [9.17, 15) is 31.1 Å². The normalized spacial score (nSPS) is 27.2. The zero-order chi connectivity index (χ0) is 26.4. The van der Waals surface area contributed by atoms with Gasteiger partial charge < -0.3 is 19.3 Å². The second kappa shape index (κ2) is 9.58. The SMILES string of the molecule is Cc1nocc1NC(=O)[C@@H]1O[C@@](C)(C(F)(F)F)[C@@H](C)[C@H]1c1ccc(F)c(F)c1OCCN1CC(F)C1. The summed E-state index contributed by atoms with van der Waals surface area (Å²) in [6.07, 6.45) is -6.49. The minimum absolute atomic E-state index is 0.123. The number of halogens is 6. The molecule has 2 aromatic rings. The maximum Gasteiger partial charge on any atom is 0.417 e. The third-order valence-electron chi connectivity index (χ3n) is 6.94. The van der Waals surface area contributed by atoms with Gasteiger partial charge in [0.15, 0.2) is 17.2 Å². The molecule has 0 spiro atoms. The summed E-state index contributed by atoms with van der Waals surface area (Å²) < 4.78 is 99.9. The van der Waals surface area contributed by atoms with E-state index in [2.05, 4.69) is 10.5 Å². The Balaban J connectivity index is 1.69. The van der Waals surface area contributed by atoms with Gasteiger partial charge in [0.05, 0.1) is 0 Å². The molecule has 2 aliphatic heterocycles. The molecule has 1 aromatic heterocycles. The number of ether oxygens (including phenoxy) is 2. The number of aryl methyl sites for hydroxylation is 1. The third-order valence-corrected chi connectivity index (χ3v) is 6.94. The van der Waals surface area contributed by atoms with Crippen LogP contribution in [0, 0.1) is 24.5 Å². The summed E-state index contributed by atoms with van der Waals surface area (Å²) in [7, 11) is 0. The van der Waals surface area contributed by atoms with Crippen LogP contribution in [0.4, 0.5) is 32.0 Å². The lowest BCUT2D eigenvalue weighted by Crippen LogP contribution is -2.49. The Labute approximate surface area is 202 Å². The number of carbonyl (C=O) groups excluding carboxylic acids is 1. The largest absolute Gasteiger partial charge is 0.489 e. The predicted octanol–water partition coefficient (Wildman–Crippen LogP) is 4.37. The van der Waals surface area contributed by atoms with Gasteiger partial charge in [-0.1, -0.05) is 18.1 Å². The molecule has 198 valence electrons. The predicted molar refractivity (Wildman–Crippen MR) is 114 cm³/mol. The summed E-state index contributed by atoms with van der Waals surface area (Å²) in [5, 5.41) is 6.03. The van der Waals surface area contributed by atoms with Gasteiger partial charge in [0, 0.05) is 37.0 Å². The van der Waals surface area contributed by atoms with Crippen molar-refractivity contribution in [2.24, 2.45) is 5.92 Å². The van der Waals surface area contributed by atoms with Crippen LogP contribution < -0.4 is 10.1 Å². The van der Waals surface area contributed by atoms with Crippen molar-refractivity contribution in [3.8, 4) is 5.75 Å². The number of carbonyl (C=O) groups is 1. The Bertz CT molecular complexity index is 1120. The molecule has 2 fully saturated rings. The maximum atomic E-state index is 14.9. The number of nitrogens with zero attached hydrogens (tertiary/aromatic N) is 2. The lowest BCUT2D eigenvalue weighted by atomic mass is 9.77. The summed E-state index contributed by atoms with van der Waals surface area (Å²) in [6.45, 7) is 3.91. The van der Waals surface area contributed by atoms with Crippen molar-refractivity contribution in [1.82, 2.24) is 10.1 Å².